The summed E-state index contributed by atoms with van der Waals surface area (Å²) in [7, 11) is 6.23. The number of esters is 1. The minimum atomic E-state index is -0.415. The summed E-state index contributed by atoms with van der Waals surface area (Å²) in [4.78, 5) is 29.6. The number of anilines is 2. The molecule has 8 heteroatoms. The number of likely N-dealkylation sites (N-methyl/N-ethyl adjacent to an activating group) is 2. The Hall–Kier alpha value is -4.01. The Morgan fingerprint density at radius 1 is 0.975 bits per heavy atom. The van der Waals surface area contributed by atoms with Gasteiger partial charge in [-0.2, -0.15) is 0 Å². The van der Waals surface area contributed by atoms with Crippen LogP contribution in [0.3, 0.4) is 0 Å². The third-order valence-corrected chi connectivity index (χ3v) is 6.72. The van der Waals surface area contributed by atoms with Crippen molar-refractivity contribution in [1.29, 1.82) is 0 Å². The second kappa shape index (κ2) is 13.4. The molecule has 0 atom stereocenters. The maximum Gasteiger partial charge on any atom is 0.306 e. The monoisotopic (exact) mass is 544 g/mol. The average molecular weight is 545 g/mol. The smallest absolute Gasteiger partial charge is 0.306 e. The Bertz CT molecular complexity index is 1390. The summed E-state index contributed by atoms with van der Waals surface area (Å²) < 4.78 is 19.0. The molecule has 0 aliphatic carbocycles. The lowest BCUT2D eigenvalue weighted by Crippen LogP contribution is -2.28. The fraction of sp³-hybridized carbons (Fsp3) is 0.312. The molecule has 210 valence electrons. The predicted molar refractivity (Wildman–Crippen MR) is 158 cm³/mol. The summed E-state index contributed by atoms with van der Waals surface area (Å²) in [5.41, 5.74) is 5.85. The summed E-state index contributed by atoms with van der Waals surface area (Å²) in [6.45, 7) is 4.91. The van der Waals surface area contributed by atoms with E-state index in [-0.39, 0.29) is 18.3 Å². The number of halogens is 1. The summed E-state index contributed by atoms with van der Waals surface area (Å²) in [6.07, 6.45) is 0.781. The van der Waals surface area contributed by atoms with Crippen molar-refractivity contribution < 1.29 is 18.7 Å². The summed E-state index contributed by atoms with van der Waals surface area (Å²) in [5.74, 6) is -0.968. The largest absolute Gasteiger partial charge is 0.466 e. The van der Waals surface area contributed by atoms with Crippen LogP contribution in [-0.4, -0.2) is 62.5 Å². The van der Waals surface area contributed by atoms with E-state index in [9.17, 15) is 14.0 Å². The highest BCUT2D eigenvalue weighted by molar-refractivity contribution is 6.37. The lowest BCUT2D eigenvalue weighted by Gasteiger charge is -2.20. The lowest BCUT2D eigenvalue weighted by molar-refractivity contribution is -0.143. The molecule has 0 radical (unpaired) electrons. The first-order chi connectivity index (χ1) is 19.2. The van der Waals surface area contributed by atoms with Gasteiger partial charge in [-0.3, -0.25) is 9.59 Å². The van der Waals surface area contributed by atoms with Crippen LogP contribution in [0.1, 0.15) is 35.6 Å². The fourth-order valence-corrected chi connectivity index (χ4v) is 4.63. The van der Waals surface area contributed by atoms with Crippen LogP contribution in [0.4, 0.5) is 15.8 Å². The van der Waals surface area contributed by atoms with Crippen molar-refractivity contribution in [1.82, 2.24) is 9.80 Å². The normalized spacial score (nSPS) is 13.8. The third-order valence-electron chi connectivity index (χ3n) is 6.72. The number of hydrogen-bond acceptors (Lipinski definition) is 6. The van der Waals surface area contributed by atoms with Crippen LogP contribution in [0, 0.1) is 5.82 Å². The van der Waals surface area contributed by atoms with E-state index in [1.807, 2.05) is 36.4 Å². The van der Waals surface area contributed by atoms with Gasteiger partial charge in [0, 0.05) is 37.3 Å². The fourth-order valence-electron chi connectivity index (χ4n) is 4.63. The van der Waals surface area contributed by atoms with Crippen molar-refractivity contribution in [2.45, 2.75) is 26.3 Å². The van der Waals surface area contributed by atoms with Gasteiger partial charge in [-0.15, -0.1) is 0 Å². The van der Waals surface area contributed by atoms with Crippen LogP contribution >= 0.6 is 0 Å². The van der Waals surface area contributed by atoms with Crippen molar-refractivity contribution in [2.24, 2.45) is 0 Å². The zero-order valence-corrected chi connectivity index (χ0v) is 23.6. The molecule has 0 spiro atoms. The van der Waals surface area contributed by atoms with Gasteiger partial charge in [0.05, 0.1) is 23.6 Å². The Morgan fingerprint density at radius 3 is 2.48 bits per heavy atom. The standard InChI is InChI=1S/C32H37FN4O3/c1-5-40-29(38)16-11-22-7-6-8-24(19-22)31(30-27-15-12-25(33)20-28(27)35-32(30)39)34-26-13-9-23(10-14-26)21-37(4)18-17-36(2)3/h6-10,12-15,19-20,34H,5,11,16-18,21H2,1-4H3,(H,35,39)/b31-30-. The van der Waals surface area contributed by atoms with Gasteiger partial charge in [0.25, 0.3) is 5.91 Å². The molecule has 7 nitrogen and oxygen atoms in total. The molecule has 1 aliphatic heterocycles. The van der Waals surface area contributed by atoms with Crippen LogP contribution in [0.2, 0.25) is 0 Å². The van der Waals surface area contributed by atoms with E-state index in [1.54, 1.807) is 13.0 Å². The first-order valence-corrected chi connectivity index (χ1v) is 13.5. The number of aryl methyl sites for hydroxylation is 1. The maximum atomic E-state index is 13.9. The van der Waals surface area contributed by atoms with Crippen molar-refractivity contribution in [3.63, 3.8) is 0 Å². The minimum Gasteiger partial charge on any atom is -0.466 e. The van der Waals surface area contributed by atoms with E-state index < -0.39 is 5.82 Å². The number of carbonyl (C=O) groups excluding carboxylic acids is 2. The van der Waals surface area contributed by atoms with Gasteiger partial charge in [0.2, 0.25) is 0 Å². The number of ether oxygens (including phenoxy) is 1. The molecule has 0 aromatic heterocycles. The SMILES string of the molecule is CCOC(=O)CCc1cccc(/C(Nc2ccc(CN(C)CCN(C)C)cc2)=C2/C(=O)Nc3cc(F)ccc32)c1. The van der Waals surface area contributed by atoms with Gasteiger partial charge in [-0.25, -0.2) is 4.39 Å². The highest BCUT2D eigenvalue weighted by atomic mass is 19.1. The van der Waals surface area contributed by atoms with Crippen molar-refractivity contribution in [3.05, 3.63) is 94.8 Å². The van der Waals surface area contributed by atoms with Crippen LogP contribution in [-0.2, 0) is 27.3 Å². The molecule has 2 N–H and O–H groups in total. The quantitative estimate of drug-likeness (QED) is 0.240. The molecule has 0 fully saturated rings. The Kier molecular flexibility index (Phi) is 9.69. The van der Waals surface area contributed by atoms with E-state index >= 15 is 0 Å². The van der Waals surface area contributed by atoms with E-state index in [4.69, 9.17) is 4.74 Å². The number of amides is 1. The van der Waals surface area contributed by atoms with E-state index in [1.165, 1.54) is 17.7 Å². The molecular weight excluding hydrogens is 507 g/mol. The summed E-state index contributed by atoms with van der Waals surface area (Å²) >= 11 is 0. The van der Waals surface area contributed by atoms with Crippen molar-refractivity contribution in [2.75, 3.05) is 51.5 Å². The highest BCUT2D eigenvalue weighted by Crippen LogP contribution is 2.38. The zero-order valence-electron chi connectivity index (χ0n) is 23.6. The Labute approximate surface area is 235 Å². The van der Waals surface area contributed by atoms with Crippen LogP contribution in [0.25, 0.3) is 11.3 Å². The lowest BCUT2D eigenvalue weighted by atomic mass is 9.97. The molecule has 0 unspecified atom stereocenters. The Balaban J connectivity index is 1.65. The number of benzene rings is 3. The first kappa shape index (κ1) is 29.0. The number of nitrogens with one attached hydrogen (secondary N) is 2. The molecule has 3 aromatic rings. The second-order valence-corrected chi connectivity index (χ2v) is 10.3. The molecule has 3 aromatic carbocycles. The van der Waals surface area contributed by atoms with Crippen molar-refractivity contribution in [3.8, 4) is 0 Å². The average Bonchev–Trinajstić information content (AvgIpc) is 3.25. The van der Waals surface area contributed by atoms with E-state index in [0.717, 1.165) is 36.4 Å². The first-order valence-electron chi connectivity index (χ1n) is 13.5. The maximum absolute atomic E-state index is 13.9. The molecule has 1 heterocycles. The van der Waals surface area contributed by atoms with Gasteiger partial charge in [-0.1, -0.05) is 30.3 Å². The number of hydrogen-bond donors (Lipinski definition) is 2. The molecule has 0 saturated carbocycles. The second-order valence-electron chi connectivity index (χ2n) is 10.3. The molecule has 4 rings (SSSR count). The van der Waals surface area contributed by atoms with Crippen LogP contribution in [0.5, 0.6) is 0 Å². The Morgan fingerprint density at radius 2 is 1.75 bits per heavy atom. The zero-order chi connectivity index (χ0) is 28.6. The molecular formula is C32H37FN4O3. The van der Waals surface area contributed by atoms with Gasteiger partial charge in [-0.05, 0) is 87.6 Å². The van der Waals surface area contributed by atoms with Gasteiger partial charge in [0.1, 0.15) is 5.82 Å². The van der Waals surface area contributed by atoms with Gasteiger partial charge in [0.15, 0.2) is 0 Å². The molecule has 0 saturated heterocycles. The van der Waals surface area contributed by atoms with Gasteiger partial charge < -0.3 is 25.2 Å². The molecule has 0 bridgehead atoms. The molecule has 40 heavy (non-hydrogen) atoms. The van der Waals surface area contributed by atoms with Crippen LogP contribution in [0.15, 0.2) is 66.7 Å². The van der Waals surface area contributed by atoms with Crippen molar-refractivity contribution >= 4 is 34.5 Å². The highest BCUT2D eigenvalue weighted by Gasteiger charge is 2.29. The molecule has 1 amide bonds. The van der Waals surface area contributed by atoms with Gasteiger partial charge >= 0.3 is 5.97 Å². The van der Waals surface area contributed by atoms with Crippen LogP contribution < -0.4 is 10.6 Å². The number of fused-ring (bicyclic) bond motifs is 1. The summed E-state index contributed by atoms with van der Waals surface area (Å²) in [6, 6.07) is 20.2. The van der Waals surface area contributed by atoms with E-state index in [0.29, 0.717) is 35.5 Å². The van der Waals surface area contributed by atoms with E-state index in [2.05, 4.69) is 53.7 Å². The summed E-state index contributed by atoms with van der Waals surface area (Å²) in [5, 5.41) is 6.27. The minimum absolute atomic E-state index is 0.247. The predicted octanol–water partition coefficient (Wildman–Crippen LogP) is 5.25. The number of nitrogens with zero attached hydrogens (tertiary/aromatic N) is 2. The third kappa shape index (κ3) is 7.55. The number of carbonyl (C=O) groups is 2. The molecule has 1 aliphatic rings. The number of rotatable bonds is 12. The topological polar surface area (TPSA) is 73.9 Å².